The highest BCUT2D eigenvalue weighted by atomic mass is 32.2. The maximum absolute atomic E-state index is 12.4. The van der Waals surface area contributed by atoms with Gasteiger partial charge in [-0.05, 0) is 23.6 Å². The number of nitrogens with one attached hydrogen (secondary N) is 1. The minimum absolute atomic E-state index is 0.0537. The van der Waals surface area contributed by atoms with Gasteiger partial charge in [0, 0.05) is 12.8 Å². The first kappa shape index (κ1) is 21.6. The fourth-order valence-corrected chi connectivity index (χ4v) is 4.12. The third kappa shape index (κ3) is 4.76. The van der Waals surface area contributed by atoms with Crippen molar-refractivity contribution in [1.82, 2.24) is 4.72 Å². The third-order valence-corrected chi connectivity index (χ3v) is 6.51. The zero-order chi connectivity index (χ0) is 20.9. The number of nitrogens with two attached hydrogens (primary N) is 1. The Labute approximate surface area is 164 Å². The molecule has 2 unspecified atom stereocenters. The molecule has 2 atom stereocenters. The first-order chi connectivity index (χ1) is 13.1. The highest BCUT2D eigenvalue weighted by Gasteiger charge is 2.47. The second-order valence-electron chi connectivity index (χ2n) is 6.59. The molecule has 0 heterocycles. The van der Waals surface area contributed by atoms with E-state index in [-0.39, 0.29) is 12.8 Å². The Morgan fingerprint density at radius 1 is 1.07 bits per heavy atom. The van der Waals surface area contributed by atoms with Crippen molar-refractivity contribution in [2.24, 2.45) is 5.73 Å². The molecule has 0 saturated heterocycles. The third-order valence-electron chi connectivity index (χ3n) is 4.68. The zero-order valence-electron chi connectivity index (χ0n) is 15.8. The number of sulfonamides is 1. The van der Waals surface area contributed by atoms with Gasteiger partial charge in [-0.3, -0.25) is 14.3 Å². The summed E-state index contributed by atoms with van der Waals surface area (Å²) in [6, 6.07) is 16.6. The summed E-state index contributed by atoms with van der Waals surface area (Å²) in [6.45, 7) is 2.64. The maximum Gasteiger partial charge on any atom is 0.251 e. The molecular weight excluding hydrogens is 380 g/mol. The highest BCUT2D eigenvalue weighted by Crippen LogP contribution is 2.25. The SMILES string of the molecule is CCC(=O)NS(=O)(=O)C(C)C(O)(Cc1ccc(-c2ccccc2)cc1)C(N)=O. The van der Waals surface area contributed by atoms with Crippen molar-refractivity contribution in [2.75, 3.05) is 0 Å². The summed E-state index contributed by atoms with van der Waals surface area (Å²) >= 11 is 0. The Balaban J connectivity index is 2.28. The van der Waals surface area contributed by atoms with Gasteiger partial charge in [0.1, 0.15) is 5.25 Å². The number of primary amides is 1. The van der Waals surface area contributed by atoms with E-state index in [1.807, 2.05) is 47.2 Å². The number of aliphatic hydroxyl groups is 1. The van der Waals surface area contributed by atoms with Gasteiger partial charge in [0.2, 0.25) is 15.9 Å². The van der Waals surface area contributed by atoms with Crippen LogP contribution >= 0.6 is 0 Å². The summed E-state index contributed by atoms with van der Waals surface area (Å²) in [5.41, 5.74) is 5.42. The smallest absolute Gasteiger partial charge is 0.251 e. The molecule has 0 fully saturated rings. The van der Waals surface area contributed by atoms with Gasteiger partial charge < -0.3 is 10.8 Å². The number of rotatable bonds is 8. The van der Waals surface area contributed by atoms with Crippen LogP contribution in [0.15, 0.2) is 54.6 Å². The maximum atomic E-state index is 12.4. The van der Waals surface area contributed by atoms with Crippen LogP contribution in [0.1, 0.15) is 25.8 Å². The lowest BCUT2D eigenvalue weighted by molar-refractivity contribution is -0.136. The van der Waals surface area contributed by atoms with Gasteiger partial charge in [-0.2, -0.15) is 0 Å². The van der Waals surface area contributed by atoms with Crippen LogP contribution in [0.5, 0.6) is 0 Å². The Bertz CT molecular complexity index is 942. The van der Waals surface area contributed by atoms with Gasteiger partial charge in [0.15, 0.2) is 5.60 Å². The van der Waals surface area contributed by atoms with Gasteiger partial charge in [-0.15, -0.1) is 0 Å². The molecule has 4 N–H and O–H groups in total. The Morgan fingerprint density at radius 3 is 2.11 bits per heavy atom. The Kier molecular flexibility index (Phi) is 6.58. The molecule has 7 nitrogen and oxygen atoms in total. The van der Waals surface area contributed by atoms with E-state index < -0.39 is 32.7 Å². The predicted molar refractivity (Wildman–Crippen MR) is 107 cm³/mol. The molecule has 28 heavy (non-hydrogen) atoms. The molecule has 150 valence electrons. The zero-order valence-corrected chi connectivity index (χ0v) is 16.6. The molecule has 0 spiro atoms. The minimum atomic E-state index is -4.30. The van der Waals surface area contributed by atoms with Gasteiger partial charge >= 0.3 is 0 Å². The van der Waals surface area contributed by atoms with E-state index in [0.29, 0.717) is 5.56 Å². The lowest BCUT2D eigenvalue weighted by Crippen LogP contribution is -2.58. The van der Waals surface area contributed by atoms with Crippen LogP contribution in [-0.2, 0) is 26.0 Å². The van der Waals surface area contributed by atoms with Crippen LogP contribution < -0.4 is 10.5 Å². The van der Waals surface area contributed by atoms with Crippen molar-refractivity contribution >= 4 is 21.8 Å². The summed E-state index contributed by atoms with van der Waals surface area (Å²) in [7, 11) is -4.30. The van der Waals surface area contributed by atoms with Gasteiger partial charge in [-0.1, -0.05) is 61.5 Å². The molecule has 0 aliphatic heterocycles. The number of amides is 2. The molecule has 0 aliphatic rings. The summed E-state index contributed by atoms with van der Waals surface area (Å²) in [5, 5.41) is 9.19. The Hall–Kier alpha value is -2.71. The largest absolute Gasteiger partial charge is 0.378 e. The van der Waals surface area contributed by atoms with Crippen LogP contribution in [0.25, 0.3) is 11.1 Å². The van der Waals surface area contributed by atoms with Gasteiger partial charge in [0.25, 0.3) is 5.91 Å². The fraction of sp³-hybridized carbons (Fsp3) is 0.300. The van der Waals surface area contributed by atoms with Crippen LogP contribution in [0.4, 0.5) is 0 Å². The van der Waals surface area contributed by atoms with Gasteiger partial charge in [0.05, 0.1) is 0 Å². The van der Waals surface area contributed by atoms with Crippen molar-refractivity contribution < 1.29 is 23.1 Å². The van der Waals surface area contributed by atoms with E-state index in [0.717, 1.165) is 18.1 Å². The lowest BCUT2D eigenvalue weighted by atomic mass is 9.90. The lowest BCUT2D eigenvalue weighted by Gasteiger charge is -2.30. The van der Waals surface area contributed by atoms with E-state index in [2.05, 4.69) is 0 Å². The van der Waals surface area contributed by atoms with Gasteiger partial charge in [-0.25, -0.2) is 8.42 Å². The van der Waals surface area contributed by atoms with E-state index >= 15 is 0 Å². The summed E-state index contributed by atoms with van der Waals surface area (Å²) < 4.78 is 26.6. The number of hydrogen-bond acceptors (Lipinski definition) is 5. The standard InChI is InChI=1S/C20H24N2O5S/c1-3-18(23)22-28(26,27)14(2)20(25,19(21)24)13-15-9-11-17(12-10-15)16-7-5-4-6-8-16/h4-12,14,25H,3,13H2,1-2H3,(H2,21,24)(H,22,23). The molecule has 0 bridgehead atoms. The minimum Gasteiger partial charge on any atom is -0.378 e. The first-order valence-electron chi connectivity index (χ1n) is 8.81. The average Bonchev–Trinajstić information content (AvgIpc) is 2.68. The molecule has 0 aromatic heterocycles. The van der Waals surface area contributed by atoms with Crippen molar-refractivity contribution in [3.05, 3.63) is 60.2 Å². The van der Waals surface area contributed by atoms with E-state index in [4.69, 9.17) is 5.73 Å². The van der Waals surface area contributed by atoms with Crippen LogP contribution in [0.2, 0.25) is 0 Å². The second-order valence-corrected chi connectivity index (χ2v) is 8.60. The number of hydrogen-bond donors (Lipinski definition) is 3. The molecule has 2 rings (SSSR count). The fourth-order valence-electron chi connectivity index (χ4n) is 2.76. The predicted octanol–water partition coefficient (Wildman–Crippen LogP) is 1.36. The molecule has 0 aliphatic carbocycles. The summed E-state index contributed by atoms with van der Waals surface area (Å²) in [5.74, 6) is -1.91. The normalized spacial score (nSPS) is 14.7. The van der Waals surface area contributed by atoms with Crippen molar-refractivity contribution in [1.29, 1.82) is 0 Å². The van der Waals surface area contributed by atoms with Crippen LogP contribution in [0, 0.1) is 0 Å². The quantitative estimate of drug-likeness (QED) is 0.612. The summed E-state index contributed by atoms with van der Waals surface area (Å²) in [6.07, 6.45) is -0.359. The number of benzene rings is 2. The molecule has 0 saturated carbocycles. The Morgan fingerprint density at radius 2 is 1.61 bits per heavy atom. The second kappa shape index (κ2) is 8.53. The number of carbonyl (C=O) groups is 2. The van der Waals surface area contributed by atoms with E-state index in [9.17, 15) is 23.1 Å². The van der Waals surface area contributed by atoms with Crippen LogP contribution in [-0.4, -0.2) is 36.2 Å². The highest BCUT2D eigenvalue weighted by molar-refractivity contribution is 7.90. The molecule has 2 aromatic rings. The van der Waals surface area contributed by atoms with Crippen LogP contribution in [0.3, 0.4) is 0 Å². The van der Waals surface area contributed by atoms with E-state index in [1.165, 1.54) is 6.92 Å². The molecule has 0 radical (unpaired) electrons. The monoisotopic (exact) mass is 404 g/mol. The van der Waals surface area contributed by atoms with Crippen molar-refractivity contribution in [3.8, 4) is 11.1 Å². The number of carbonyl (C=O) groups excluding carboxylic acids is 2. The molecular formula is C20H24N2O5S. The van der Waals surface area contributed by atoms with Crippen molar-refractivity contribution in [2.45, 2.75) is 37.5 Å². The first-order valence-corrected chi connectivity index (χ1v) is 10.4. The summed E-state index contributed by atoms with van der Waals surface area (Å²) in [4.78, 5) is 23.4. The molecule has 8 heteroatoms. The van der Waals surface area contributed by atoms with Crippen molar-refractivity contribution in [3.63, 3.8) is 0 Å². The molecule has 2 aromatic carbocycles. The topological polar surface area (TPSA) is 127 Å². The molecule has 2 amide bonds. The average molecular weight is 404 g/mol. The van der Waals surface area contributed by atoms with E-state index in [1.54, 1.807) is 12.1 Å².